The van der Waals surface area contributed by atoms with E-state index < -0.39 is 0 Å². The van der Waals surface area contributed by atoms with Crippen molar-refractivity contribution in [2.45, 2.75) is 13.3 Å². The lowest BCUT2D eigenvalue weighted by Gasteiger charge is -2.19. The van der Waals surface area contributed by atoms with Crippen molar-refractivity contribution < 1.29 is 0 Å². The van der Waals surface area contributed by atoms with Gasteiger partial charge in [0.1, 0.15) is 0 Å². The van der Waals surface area contributed by atoms with Crippen LogP contribution in [0.5, 0.6) is 0 Å². The topological polar surface area (TPSA) is 33.2 Å². The van der Waals surface area contributed by atoms with Gasteiger partial charge < -0.3 is 4.90 Å². The molecule has 4 rings (SSSR count). The molecule has 0 N–H and O–H groups in total. The molecule has 2 aromatic carbocycles. The number of hydrogen-bond acceptors (Lipinski definition) is 4. The standard InChI is InChI=1S/C22H20N2OS/c1-14-4-6-15(7-5-14)10-16-11-19-22(13-20(16)24(2)3)26-21-12-17(25)8-9-18(21)23-19/h4-9,11-13H,10H2,1-3H3. The van der Waals surface area contributed by atoms with Gasteiger partial charge in [0.25, 0.3) is 0 Å². The van der Waals surface area contributed by atoms with Crippen LogP contribution in [-0.4, -0.2) is 19.1 Å². The van der Waals surface area contributed by atoms with Crippen molar-refractivity contribution in [3.8, 4) is 10.6 Å². The van der Waals surface area contributed by atoms with Gasteiger partial charge in [-0.15, -0.1) is 11.3 Å². The molecule has 0 atom stereocenters. The average Bonchev–Trinajstić information content (AvgIpc) is 2.61. The fourth-order valence-corrected chi connectivity index (χ4v) is 4.18. The van der Waals surface area contributed by atoms with E-state index in [4.69, 9.17) is 4.98 Å². The van der Waals surface area contributed by atoms with E-state index in [1.54, 1.807) is 23.5 Å². The monoisotopic (exact) mass is 360 g/mol. The van der Waals surface area contributed by atoms with Crippen molar-refractivity contribution in [1.29, 1.82) is 0 Å². The largest absolute Gasteiger partial charge is 0.377 e. The summed E-state index contributed by atoms with van der Waals surface area (Å²) in [5.74, 6) is 0. The lowest BCUT2D eigenvalue weighted by Crippen LogP contribution is -2.11. The molecule has 0 saturated heterocycles. The normalized spacial score (nSPS) is 11.2. The predicted octanol–water partition coefficient (Wildman–Crippen LogP) is 4.73. The van der Waals surface area contributed by atoms with Gasteiger partial charge in [-0.05, 0) is 48.7 Å². The quantitative estimate of drug-likeness (QED) is 0.495. The summed E-state index contributed by atoms with van der Waals surface area (Å²) in [6.45, 7) is 2.11. The zero-order valence-corrected chi connectivity index (χ0v) is 15.9. The molecule has 0 saturated carbocycles. The molecule has 0 aromatic heterocycles. The molecule has 0 spiro atoms. The Morgan fingerprint density at radius 3 is 2.50 bits per heavy atom. The molecule has 26 heavy (non-hydrogen) atoms. The molecule has 0 unspecified atom stereocenters. The third kappa shape index (κ3) is 3.20. The Kier molecular flexibility index (Phi) is 4.21. The van der Waals surface area contributed by atoms with Gasteiger partial charge in [0.15, 0.2) is 5.43 Å². The highest BCUT2D eigenvalue weighted by molar-refractivity contribution is 7.21. The number of benzene rings is 3. The molecular weight excluding hydrogens is 340 g/mol. The Hall–Kier alpha value is -2.72. The molecule has 0 bridgehead atoms. The molecule has 0 radical (unpaired) electrons. The highest BCUT2D eigenvalue weighted by Crippen LogP contribution is 2.34. The van der Waals surface area contributed by atoms with Crippen LogP contribution >= 0.6 is 11.3 Å². The van der Waals surface area contributed by atoms with Gasteiger partial charge in [-0.1, -0.05) is 29.8 Å². The predicted molar refractivity (Wildman–Crippen MR) is 111 cm³/mol. The Morgan fingerprint density at radius 1 is 1.00 bits per heavy atom. The van der Waals surface area contributed by atoms with E-state index >= 15 is 0 Å². The molecule has 1 aliphatic heterocycles. The molecule has 3 nitrogen and oxygen atoms in total. The third-order valence-corrected chi connectivity index (χ3v) is 5.64. The first-order valence-corrected chi connectivity index (χ1v) is 9.42. The number of hydrogen-bond donors (Lipinski definition) is 0. The van der Waals surface area contributed by atoms with Gasteiger partial charge in [-0.2, -0.15) is 0 Å². The third-order valence-electron chi connectivity index (χ3n) is 4.55. The minimum Gasteiger partial charge on any atom is -0.377 e. The van der Waals surface area contributed by atoms with Crippen LogP contribution in [0.4, 0.5) is 5.69 Å². The summed E-state index contributed by atoms with van der Waals surface area (Å²) < 4.78 is 1.10. The minimum atomic E-state index is 0.0266. The number of rotatable bonds is 3. The number of anilines is 1. The Morgan fingerprint density at radius 2 is 1.77 bits per heavy atom. The van der Waals surface area contributed by atoms with Crippen LogP contribution in [0.3, 0.4) is 0 Å². The Labute approximate surface area is 156 Å². The van der Waals surface area contributed by atoms with E-state index in [0.717, 1.165) is 27.2 Å². The molecule has 2 aliphatic rings. The molecule has 130 valence electrons. The summed E-state index contributed by atoms with van der Waals surface area (Å²) in [6, 6.07) is 18.1. The van der Waals surface area contributed by atoms with E-state index in [0.29, 0.717) is 0 Å². The van der Waals surface area contributed by atoms with Crippen molar-refractivity contribution in [3.05, 3.63) is 81.5 Å². The number of aryl methyl sites for hydroxylation is 1. The van der Waals surface area contributed by atoms with Crippen LogP contribution in [0.25, 0.3) is 20.8 Å². The van der Waals surface area contributed by atoms with Gasteiger partial charge in [-0.25, -0.2) is 4.98 Å². The first-order valence-electron chi connectivity index (χ1n) is 8.60. The van der Waals surface area contributed by atoms with Crippen LogP contribution < -0.4 is 10.3 Å². The summed E-state index contributed by atoms with van der Waals surface area (Å²) >= 11 is 1.62. The highest BCUT2D eigenvalue weighted by atomic mass is 32.1. The van der Waals surface area contributed by atoms with Crippen molar-refractivity contribution in [1.82, 2.24) is 4.98 Å². The van der Waals surface area contributed by atoms with Crippen LogP contribution in [0.15, 0.2) is 59.4 Å². The van der Waals surface area contributed by atoms with E-state index in [2.05, 4.69) is 62.3 Å². The van der Waals surface area contributed by atoms with E-state index in [1.807, 2.05) is 6.07 Å². The van der Waals surface area contributed by atoms with Crippen molar-refractivity contribution in [2.75, 3.05) is 19.0 Å². The van der Waals surface area contributed by atoms with Crippen LogP contribution in [0, 0.1) is 6.92 Å². The van der Waals surface area contributed by atoms with Crippen molar-refractivity contribution in [2.24, 2.45) is 0 Å². The maximum absolute atomic E-state index is 11.6. The highest BCUT2D eigenvalue weighted by Gasteiger charge is 2.13. The fraction of sp³-hybridized carbons (Fsp3) is 0.182. The zero-order valence-electron chi connectivity index (χ0n) is 15.1. The van der Waals surface area contributed by atoms with E-state index in [9.17, 15) is 4.79 Å². The number of aromatic nitrogens is 1. The van der Waals surface area contributed by atoms with Gasteiger partial charge in [0, 0.05) is 25.8 Å². The zero-order chi connectivity index (χ0) is 18.3. The Bertz CT molecular complexity index is 1110. The second-order valence-electron chi connectivity index (χ2n) is 6.85. The molecule has 2 aromatic rings. The van der Waals surface area contributed by atoms with Crippen molar-refractivity contribution >= 4 is 27.2 Å². The van der Waals surface area contributed by atoms with Crippen LogP contribution in [0.2, 0.25) is 0 Å². The van der Waals surface area contributed by atoms with Crippen molar-refractivity contribution in [3.63, 3.8) is 0 Å². The summed E-state index contributed by atoms with van der Waals surface area (Å²) in [5, 5.41) is 0. The summed E-state index contributed by atoms with van der Waals surface area (Å²) in [7, 11) is 4.13. The minimum absolute atomic E-state index is 0.0266. The lowest BCUT2D eigenvalue weighted by molar-refractivity contribution is 1.08. The Balaban J connectivity index is 1.88. The molecule has 0 fully saturated rings. The number of fused-ring (bicyclic) bond motifs is 2. The molecule has 1 heterocycles. The van der Waals surface area contributed by atoms with Gasteiger partial charge in [0.2, 0.25) is 0 Å². The fourth-order valence-electron chi connectivity index (χ4n) is 3.17. The summed E-state index contributed by atoms with van der Waals surface area (Å²) in [4.78, 5) is 19.5. The molecule has 1 aliphatic carbocycles. The molecule has 4 heteroatoms. The second kappa shape index (κ2) is 6.54. The van der Waals surface area contributed by atoms with E-state index in [1.165, 1.54) is 22.4 Å². The smallest absolute Gasteiger partial charge is 0.180 e. The lowest BCUT2D eigenvalue weighted by atomic mass is 10.0. The molecule has 0 amide bonds. The first-order chi connectivity index (χ1) is 12.5. The average molecular weight is 360 g/mol. The maximum atomic E-state index is 11.6. The number of nitrogens with zero attached hydrogens (tertiary/aromatic N) is 2. The van der Waals surface area contributed by atoms with Crippen LogP contribution in [-0.2, 0) is 6.42 Å². The second-order valence-corrected chi connectivity index (χ2v) is 7.93. The van der Waals surface area contributed by atoms with Gasteiger partial charge in [-0.3, -0.25) is 4.79 Å². The summed E-state index contributed by atoms with van der Waals surface area (Å²) in [6.07, 6.45) is 0.869. The van der Waals surface area contributed by atoms with E-state index in [-0.39, 0.29) is 5.43 Å². The molecular formula is C22H20N2OS. The first kappa shape index (κ1) is 16.7. The summed E-state index contributed by atoms with van der Waals surface area (Å²) in [5.41, 5.74) is 6.89. The van der Waals surface area contributed by atoms with Gasteiger partial charge in [0.05, 0.1) is 20.8 Å². The maximum Gasteiger partial charge on any atom is 0.180 e. The SMILES string of the molecule is Cc1ccc(Cc2cc3nc4ccc(=O)cc-4sc3cc2N(C)C)cc1. The van der Waals surface area contributed by atoms with Gasteiger partial charge >= 0.3 is 0 Å². The van der Waals surface area contributed by atoms with Crippen LogP contribution in [0.1, 0.15) is 16.7 Å².